The third kappa shape index (κ3) is 12.1. The lowest BCUT2D eigenvalue weighted by atomic mass is 9.73. The second-order valence-electron chi connectivity index (χ2n) is 17.7. The molecule has 3 fully saturated rings. The summed E-state index contributed by atoms with van der Waals surface area (Å²) < 4.78 is 48.1. The standard InChI is InChI=1S/C41H76N2O15/c1-15-29-41(10,49)34(45)24(4)31(42-53-21-52-17-16-50-13)22(2)19-39(8,48)36(58-38-32(44)28(43(11)12)18-23(3)54-38)25(5)33(26(6)37(47)56-29)57-30-20-40(9,51-14)35(46)27(7)55-30/h22-30,32-36,38,44-46,48-49H,15-21H2,1-14H3/b42-31-/t22-,23-,24+,25+,26-,27+,28-,29-,30+,32-,33+,34-,35+,36-,38+,39-,40-,41-/m1/s1. The second kappa shape index (κ2) is 21.5. The number of nitrogens with zero attached hydrogens (tertiary/aromatic N) is 2. The highest BCUT2D eigenvalue weighted by Crippen LogP contribution is 2.41. The molecule has 3 heterocycles. The molecule has 5 N–H and O–H groups in total. The predicted octanol–water partition coefficient (Wildman–Crippen LogP) is 2.21. The molecule has 0 unspecified atom stereocenters. The maximum Gasteiger partial charge on any atom is 0.311 e. The van der Waals surface area contributed by atoms with Gasteiger partial charge < -0.3 is 73.2 Å². The zero-order chi connectivity index (χ0) is 43.9. The average Bonchev–Trinajstić information content (AvgIpc) is 3.15. The molecule has 0 aromatic carbocycles. The molecule has 0 aromatic heterocycles. The van der Waals surface area contributed by atoms with Crippen LogP contribution in [0.4, 0.5) is 0 Å². The number of aliphatic hydroxyl groups excluding tert-OH is 3. The Morgan fingerprint density at radius 1 is 0.897 bits per heavy atom. The lowest BCUT2D eigenvalue weighted by Crippen LogP contribution is -2.61. The molecule has 3 aliphatic rings. The quantitative estimate of drug-likeness (QED) is 0.0778. The van der Waals surface area contributed by atoms with Crippen molar-refractivity contribution in [1.29, 1.82) is 0 Å². The monoisotopic (exact) mass is 837 g/mol. The number of methoxy groups -OCH3 is 2. The number of cyclic esters (lactones) is 1. The van der Waals surface area contributed by atoms with Crippen molar-refractivity contribution >= 4 is 11.7 Å². The van der Waals surface area contributed by atoms with Crippen molar-refractivity contribution in [3.05, 3.63) is 0 Å². The minimum Gasteiger partial charge on any atom is -0.459 e. The Kier molecular flexibility index (Phi) is 18.8. The van der Waals surface area contributed by atoms with Crippen molar-refractivity contribution in [3.63, 3.8) is 0 Å². The molecular formula is C41H76N2O15. The van der Waals surface area contributed by atoms with Crippen molar-refractivity contribution in [2.75, 3.05) is 48.3 Å². The molecule has 17 nitrogen and oxygen atoms in total. The summed E-state index contributed by atoms with van der Waals surface area (Å²) in [5.74, 6) is -4.14. The second-order valence-corrected chi connectivity index (χ2v) is 17.7. The Labute approximate surface area is 345 Å². The van der Waals surface area contributed by atoms with Gasteiger partial charge in [0.15, 0.2) is 12.6 Å². The van der Waals surface area contributed by atoms with Crippen LogP contribution in [-0.4, -0.2) is 175 Å². The van der Waals surface area contributed by atoms with E-state index in [0.717, 1.165) is 0 Å². The van der Waals surface area contributed by atoms with Crippen molar-refractivity contribution in [1.82, 2.24) is 4.90 Å². The first kappa shape index (κ1) is 50.8. The molecule has 0 radical (unpaired) electrons. The van der Waals surface area contributed by atoms with Gasteiger partial charge in [0.2, 0.25) is 6.79 Å². The number of hydrogen-bond acceptors (Lipinski definition) is 17. The molecule has 3 saturated heterocycles. The average molecular weight is 837 g/mol. The number of carbonyl (C=O) groups is 1. The summed E-state index contributed by atoms with van der Waals surface area (Å²) in [5, 5.41) is 63.6. The van der Waals surface area contributed by atoms with Crippen LogP contribution in [0.15, 0.2) is 5.16 Å². The summed E-state index contributed by atoms with van der Waals surface area (Å²) >= 11 is 0. The minimum atomic E-state index is -1.97. The van der Waals surface area contributed by atoms with Crippen LogP contribution < -0.4 is 0 Å². The van der Waals surface area contributed by atoms with E-state index in [0.29, 0.717) is 18.7 Å². The van der Waals surface area contributed by atoms with Crippen molar-refractivity contribution in [2.24, 2.45) is 28.8 Å². The molecule has 0 saturated carbocycles. The zero-order valence-electron chi connectivity index (χ0n) is 37.3. The first-order valence-electron chi connectivity index (χ1n) is 20.8. The number of rotatable bonds is 13. The summed E-state index contributed by atoms with van der Waals surface area (Å²) in [6.45, 7) is 17.3. The highest BCUT2D eigenvalue weighted by Gasteiger charge is 2.53. The number of likely N-dealkylation sites (N-methyl/N-ethyl adjacent to an activating group) is 1. The Hall–Kier alpha value is -1.58. The number of ether oxygens (including phenoxy) is 8. The number of oxime groups is 1. The molecule has 0 amide bonds. The summed E-state index contributed by atoms with van der Waals surface area (Å²) in [4.78, 5) is 21.8. The lowest BCUT2D eigenvalue weighted by molar-refractivity contribution is -0.317. The SMILES string of the molecule is CC[C@H]1OC(=O)[C@H](C)[C@@H](O[C@H]2C[C@@](C)(OC)[C@@H](O)[C@H](C)O2)[C@H](C)[C@@H](O[C@@H]2O[C@H](C)C[C@@H](N(C)C)[C@H]2O)[C@](C)(O)C[C@@H](C)/C(=N/OCOCCOC)[C@H](C)[C@@H](O)[C@]1(C)O. The molecule has 340 valence electrons. The molecule has 17 heteroatoms. The largest absolute Gasteiger partial charge is 0.459 e. The van der Waals surface area contributed by atoms with E-state index in [2.05, 4.69) is 5.16 Å². The first-order chi connectivity index (χ1) is 27.0. The van der Waals surface area contributed by atoms with Gasteiger partial charge in [0, 0.05) is 44.4 Å². The maximum absolute atomic E-state index is 14.3. The van der Waals surface area contributed by atoms with Crippen LogP contribution in [0.2, 0.25) is 0 Å². The molecule has 3 rings (SSSR count). The van der Waals surface area contributed by atoms with Crippen molar-refractivity contribution in [3.8, 4) is 0 Å². The number of esters is 1. The van der Waals surface area contributed by atoms with Gasteiger partial charge >= 0.3 is 5.97 Å². The van der Waals surface area contributed by atoms with Gasteiger partial charge in [-0.3, -0.25) is 4.79 Å². The molecule has 0 aliphatic carbocycles. The van der Waals surface area contributed by atoms with E-state index in [9.17, 15) is 30.3 Å². The lowest BCUT2D eigenvalue weighted by Gasteiger charge is -2.49. The van der Waals surface area contributed by atoms with Crippen LogP contribution >= 0.6 is 0 Å². The third-order valence-corrected chi connectivity index (χ3v) is 12.6. The Morgan fingerprint density at radius 3 is 2.14 bits per heavy atom. The Morgan fingerprint density at radius 2 is 1.55 bits per heavy atom. The molecule has 18 atom stereocenters. The summed E-state index contributed by atoms with van der Waals surface area (Å²) in [7, 11) is 6.76. The van der Waals surface area contributed by atoms with E-state index in [1.807, 2.05) is 32.8 Å². The number of carbonyl (C=O) groups excluding carboxylic acids is 1. The molecule has 0 bridgehead atoms. The van der Waals surface area contributed by atoms with Crippen LogP contribution in [0.5, 0.6) is 0 Å². The van der Waals surface area contributed by atoms with E-state index in [1.54, 1.807) is 55.6 Å². The molecule has 58 heavy (non-hydrogen) atoms. The molecular weight excluding hydrogens is 760 g/mol. The Balaban J connectivity index is 2.22. The van der Waals surface area contributed by atoms with E-state index < -0.39 is 102 Å². The van der Waals surface area contributed by atoms with Gasteiger partial charge in [-0.1, -0.05) is 32.9 Å². The fourth-order valence-corrected chi connectivity index (χ4v) is 8.93. The summed E-state index contributed by atoms with van der Waals surface area (Å²) in [6.07, 6.45) is -9.49. The third-order valence-electron chi connectivity index (χ3n) is 12.6. The van der Waals surface area contributed by atoms with Gasteiger partial charge in [0.25, 0.3) is 0 Å². The van der Waals surface area contributed by atoms with E-state index in [4.69, 9.17) is 42.7 Å². The predicted molar refractivity (Wildman–Crippen MR) is 212 cm³/mol. The van der Waals surface area contributed by atoms with Gasteiger partial charge in [-0.05, 0) is 74.9 Å². The number of aliphatic hydroxyl groups is 5. The van der Waals surface area contributed by atoms with E-state index >= 15 is 0 Å². The van der Waals surface area contributed by atoms with E-state index in [-0.39, 0.29) is 44.8 Å². The van der Waals surface area contributed by atoms with Crippen molar-refractivity contribution < 1.29 is 73.1 Å². The van der Waals surface area contributed by atoms with Gasteiger partial charge in [0.05, 0.1) is 66.6 Å². The van der Waals surface area contributed by atoms with Crippen LogP contribution in [0.3, 0.4) is 0 Å². The van der Waals surface area contributed by atoms with Crippen LogP contribution in [-0.2, 0) is 47.5 Å². The summed E-state index contributed by atoms with van der Waals surface area (Å²) in [5.41, 5.74) is -4.49. The highest BCUT2D eigenvalue weighted by atomic mass is 16.7. The Bertz CT molecular complexity index is 1300. The van der Waals surface area contributed by atoms with E-state index in [1.165, 1.54) is 14.0 Å². The molecule has 3 aliphatic heterocycles. The minimum absolute atomic E-state index is 0.0307. The molecule has 0 spiro atoms. The van der Waals surface area contributed by atoms with Crippen molar-refractivity contribution in [2.45, 2.75) is 179 Å². The summed E-state index contributed by atoms with van der Waals surface area (Å²) in [6, 6.07) is -0.328. The highest BCUT2D eigenvalue weighted by molar-refractivity contribution is 5.88. The number of hydrogen-bond donors (Lipinski definition) is 5. The first-order valence-corrected chi connectivity index (χ1v) is 20.8. The van der Waals surface area contributed by atoms with Crippen LogP contribution in [0.25, 0.3) is 0 Å². The van der Waals surface area contributed by atoms with Crippen LogP contribution in [0, 0.1) is 23.7 Å². The van der Waals surface area contributed by atoms with Crippen LogP contribution in [0.1, 0.15) is 94.9 Å². The van der Waals surface area contributed by atoms with Gasteiger partial charge in [-0.2, -0.15) is 0 Å². The normalized spacial score (nSPS) is 45.8. The fourth-order valence-electron chi connectivity index (χ4n) is 8.93. The smallest absolute Gasteiger partial charge is 0.311 e. The zero-order valence-corrected chi connectivity index (χ0v) is 37.3. The fraction of sp³-hybridized carbons (Fsp3) is 0.951. The van der Waals surface area contributed by atoms with Gasteiger partial charge in [-0.15, -0.1) is 0 Å². The van der Waals surface area contributed by atoms with Gasteiger partial charge in [-0.25, -0.2) is 0 Å². The molecule has 0 aromatic rings. The topological polar surface area (TPSA) is 217 Å². The maximum atomic E-state index is 14.3. The van der Waals surface area contributed by atoms with Gasteiger partial charge in [0.1, 0.15) is 23.9 Å².